The Morgan fingerprint density at radius 2 is 2.17 bits per heavy atom. The molecule has 1 aliphatic heterocycles. The van der Waals surface area contributed by atoms with Crippen molar-refractivity contribution in [3.63, 3.8) is 0 Å². The van der Waals surface area contributed by atoms with Gasteiger partial charge in [-0.2, -0.15) is 0 Å². The Bertz CT molecular complexity index is 493. The van der Waals surface area contributed by atoms with E-state index in [4.69, 9.17) is 4.74 Å². The van der Waals surface area contributed by atoms with Crippen molar-refractivity contribution in [3.8, 4) is 0 Å². The first-order chi connectivity index (χ1) is 11.2. The van der Waals surface area contributed by atoms with E-state index in [9.17, 15) is 9.90 Å². The van der Waals surface area contributed by atoms with Crippen LogP contribution in [0.2, 0.25) is 0 Å². The predicted octanol–water partition coefficient (Wildman–Crippen LogP) is 2.53. The number of amides is 2. The molecule has 5 nitrogen and oxygen atoms in total. The third-order valence-corrected chi connectivity index (χ3v) is 4.22. The second kappa shape index (κ2) is 9.53. The first-order valence-corrected chi connectivity index (χ1v) is 8.52. The van der Waals surface area contributed by atoms with E-state index in [-0.39, 0.29) is 18.6 Å². The lowest BCUT2D eigenvalue weighted by molar-refractivity contribution is 0.120. The molecular formula is C18H28N2O3. The summed E-state index contributed by atoms with van der Waals surface area (Å²) >= 11 is 0. The third-order valence-electron chi connectivity index (χ3n) is 4.22. The normalized spacial score (nSPS) is 18.0. The summed E-state index contributed by atoms with van der Waals surface area (Å²) in [4.78, 5) is 14.1. The molecule has 0 spiro atoms. The number of ether oxygens (including phenoxy) is 1. The van der Waals surface area contributed by atoms with Gasteiger partial charge in [0.15, 0.2) is 0 Å². The van der Waals surface area contributed by atoms with E-state index >= 15 is 0 Å². The molecule has 0 saturated carbocycles. The molecule has 0 aromatic heterocycles. The van der Waals surface area contributed by atoms with Gasteiger partial charge in [0.1, 0.15) is 0 Å². The van der Waals surface area contributed by atoms with Crippen molar-refractivity contribution >= 4 is 6.03 Å². The number of carbonyl (C=O) groups is 1. The summed E-state index contributed by atoms with van der Waals surface area (Å²) in [5, 5.41) is 12.3. The quantitative estimate of drug-likeness (QED) is 0.759. The van der Waals surface area contributed by atoms with Crippen LogP contribution in [0.3, 0.4) is 0 Å². The van der Waals surface area contributed by atoms with Crippen LogP contribution < -0.4 is 5.32 Å². The number of likely N-dealkylation sites (tertiary alicyclic amines) is 1. The Kier molecular flexibility index (Phi) is 7.36. The number of carbonyl (C=O) groups excluding carboxylic acids is 1. The number of piperidine rings is 1. The first-order valence-electron chi connectivity index (χ1n) is 8.52. The Morgan fingerprint density at radius 1 is 1.39 bits per heavy atom. The molecule has 1 unspecified atom stereocenters. The number of urea groups is 1. The van der Waals surface area contributed by atoms with E-state index < -0.39 is 0 Å². The molecule has 5 heteroatoms. The fraction of sp³-hybridized carbons (Fsp3) is 0.611. The molecule has 0 radical (unpaired) electrons. The van der Waals surface area contributed by atoms with E-state index in [1.807, 2.05) is 24.3 Å². The summed E-state index contributed by atoms with van der Waals surface area (Å²) in [6.45, 7) is 5.48. The minimum atomic E-state index is -0.0487. The maximum Gasteiger partial charge on any atom is 0.317 e. The van der Waals surface area contributed by atoms with Gasteiger partial charge in [-0.15, -0.1) is 0 Å². The van der Waals surface area contributed by atoms with Crippen LogP contribution in [-0.2, 0) is 17.9 Å². The maximum atomic E-state index is 12.3. The van der Waals surface area contributed by atoms with Gasteiger partial charge in [-0.25, -0.2) is 4.79 Å². The van der Waals surface area contributed by atoms with Crippen molar-refractivity contribution in [2.24, 2.45) is 5.92 Å². The van der Waals surface area contributed by atoms with Gasteiger partial charge in [0.05, 0.1) is 6.61 Å². The molecule has 1 aliphatic rings. The Hall–Kier alpha value is -1.59. The smallest absolute Gasteiger partial charge is 0.317 e. The molecule has 1 fully saturated rings. The molecule has 1 heterocycles. The van der Waals surface area contributed by atoms with Gasteiger partial charge in [0.2, 0.25) is 0 Å². The topological polar surface area (TPSA) is 61.8 Å². The third kappa shape index (κ3) is 5.52. The molecular weight excluding hydrogens is 292 g/mol. The Morgan fingerprint density at radius 3 is 2.91 bits per heavy atom. The highest BCUT2D eigenvalue weighted by molar-refractivity contribution is 5.74. The van der Waals surface area contributed by atoms with Gasteiger partial charge in [0.25, 0.3) is 0 Å². The summed E-state index contributed by atoms with van der Waals surface area (Å²) in [6, 6.07) is 7.99. The van der Waals surface area contributed by atoms with Crippen LogP contribution in [0.15, 0.2) is 24.3 Å². The van der Waals surface area contributed by atoms with Gasteiger partial charge >= 0.3 is 6.03 Å². The average molecular weight is 320 g/mol. The second-order valence-corrected chi connectivity index (χ2v) is 6.12. The van der Waals surface area contributed by atoms with Gasteiger partial charge in [-0.1, -0.05) is 31.2 Å². The zero-order valence-corrected chi connectivity index (χ0v) is 14.0. The summed E-state index contributed by atoms with van der Waals surface area (Å²) in [7, 11) is 0. The fourth-order valence-electron chi connectivity index (χ4n) is 2.88. The van der Waals surface area contributed by atoms with Crippen LogP contribution in [0.1, 0.15) is 37.3 Å². The molecule has 0 bridgehead atoms. The van der Waals surface area contributed by atoms with Gasteiger partial charge in [-0.05, 0) is 36.3 Å². The number of aliphatic hydroxyl groups excluding tert-OH is 1. The molecule has 1 saturated heterocycles. The number of rotatable bonds is 7. The lowest BCUT2D eigenvalue weighted by Crippen LogP contribution is -2.46. The SMILES string of the molecule is CCCOCc1ccccc1CNC(=O)N1CCCC(CO)C1. The van der Waals surface area contributed by atoms with Crippen LogP contribution in [0.5, 0.6) is 0 Å². The lowest BCUT2D eigenvalue weighted by atomic mass is 9.99. The fourth-order valence-corrected chi connectivity index (χ4v) is 2.88. The molecule has 2 N–H and O–H groups in total. The molecule has 1 aromatic rings. The van der Waals surface area contributed by atoms with E-state index in [2.05, 4.69) is 12.2 Å². The highest BCUT2D eigenvalue weighted by Gasteiger charge is 2.22. The molecule has 23 heavy (non-hydrogen) atoms. The van der Waals surface area contributed by atoms with Crippen molar-refractivity contribution in [3.05, 3.63) is 35.4 Å². The predicted molar refractivity (Wildman–Crippen MR) is 90.0 cm³/mol. The van der Waals surface area contributed by atoms with Crippen LogP contribution in [0.4, 0.5) is 4.79 Å². The van der Waals surface area contributed by atoms with Crippen molar-refractivity contribution in [2.75, 3.05) is 26.3 Å². The summed E-state index contributed by atoms with van der Waals surface area (Å²) in [6.07, 6.45) is 2.96. The standard InChI is InChI=1S/C18H28N2O3/c1-2-10-23-14-17-8-4-3-7-16(17)11-19-18(22)20-9-5-6-15(12-20)13-21/h3-4,7-8,15,21H,2,5-6,9-14H2,1H3,(H,19,22). The van der Waals surface area contributed by atoms with Gasteiger partial charge in [-0.3, -0.25) is 0 Å². The highest BCUT2D eigenvalue weighted by atomic mass is 16.5. The number of benzene rings is 1. The minimum Gasteiger partial charge on any atom is -0.396 e. The minimum absolute atomic E-state index is 0.0487. The lowest BCUT2D eigenvalue weighted by Gasteiger charge is -2.31. The summed E-state index contributed by atoms with van der Waals surface area (Å²) in [5.74, 6) is 0.212. The molecule has 1 atom stereocenters. The molecule has 2 rings (SSSR count). The van der Waals surface area contributed by atoms with Crippen LogP contribution in [0, 0.1) is 5.92 Å². The Labute approximate surface area is 138 Å². The average Bonchev–Trinajstić information content (AvgIpc) is 2.61. The number of hydrogen-bond acceptors (Lipinski definition) is 3. The zero-order valence-electron chi connectivity index (χ0n) is 14.0. The van der Waals surface area contributed by atoms with E-state index in [0.29, 0.717) is 19.7 Å². The number of nitrogens with zero attached hydrogens (tertiary/aromatic N) is 1. The zero-order chi connectivity index (χ0) is 16.5. The summed E-state index contributed by atoms with van der Waals surface area (Å²) < 4.78 is 5.61. The molecule has 0 aliphatic carbocycles. The monoisotopic (exact) mass is 320 g/mol. The maximum absolute atomic E-state index is 12.3. The van der Waals surface area contributed by atoms with E-state index in [0.717, 1.165) is 43.5 Å². The number of nitrogens with one attached hydrogen (secondary N) is 1. The number of hydrogen-bond donors (Lipinski definition) is 2. The van der Waals surface area contributed by atoms with Crippen LogP contribution in [0.25, 0.3) is 0 Å². The Balaban J connectivity index is 1.86. The van der Waals surface area contributed by atoms with Crippen molar-refractivity contribution in [1.82, 2.24) is 10.2 Å². The van der Waals surface area contributed by atoms with Gasteiger partial charge < -0.3 is 20.1 Å². The molecule has 128 valence electrons. The molecule has 1 aromatic carbocycles. The molecule has 2 amide bonds. The summed E-state index contributed by atoms with van der Waals surface area (Å²) in [5.41, 5.74) is 2.21. The van der Waals surface area contributed by atoms with Crippen molar-refractivity contribution in [1.29, 1.82) is 0 Å². The van der Waals surface area contributed by atoms with E-state index in [1.165, 1.54) is 0 Å². The second-order valence-electron chi connectivity index (χ2n) is 6.12. The van der Waals surface area contributed by atoms with Crippen molar-refractivity contribution in [2.45, 2.75) is 39.3 Å². The highest BCUT2D eigenvalue weighted by Crippen LogP contribution is 2.16. The van der Waals surface area contributed by atoms with Crippen molar-refractivity contribution < 1.29 is 14.6 Å². The number of aliphatic hydroxyl groups is 1. The first kappa shape index (κ1) is 17.8. The largest absolute Gasteiger partial charge is 0.396 e. The van der Waals surface area contributed by atoms with Crippen LogP contribution in [-0.4, -0.2) is 42.3 Å². The van der Waals surface area contributed by atoms with Gasteiger partial charge in [0, 0.05) is 32.8 Å². The van der Waals surface area contributed by atoms with Crippen LogP contribution >= 0.6 is 0 Å². The van der Waals surface area contributed by atoms with E-state index in [1.54, 1.807) is 4.90 Å².